The summed E-state index contributed by atoms with van der Waals surface area (Å²) in [4.78, 5) is 23.4. The van der Waals surface area contributed by atoms with Crippen molar-refractivity contribution in [2.75, 3.05) is 20.1 Å². The van der Waals surface area contributed by atoms with Gasteiger partial charge in [-0.2, -0.15) is 0 Å². The molecular formula is C9H19N3O3. The second-order valence-corrected chi connectivity index (χ2v) is 3.60. The fraction of sp³-hybridized carbons (Fsp3) is 0.778. The molecule has 0 aromatic heterocycles. The highest BCUT2D eigenvalue weighted by Gasteiger charge is 2.07. The third-order valence-corrected chi connectivity index (χ3v) is 1.72. The fourth-order valence-corrected chi connectivity index (χ4v) is 0.929. The van der Waals surface area contributed by atoms with Crippen LogP contribution < -0.4 is 10.9 Å². The molecule has 0 aromatic carbocycles. The Hall–Kier alpha value is -1.14. The number of nitrogens with one attached hydrogen (secondary N) is 2. The summed E-state index contributed by atoms with van der Waals surface area (Å²) in [5.74, 6) is -0.590. The van der Waals surface area contributed by atoms with Crippen molar-refractivity contribution in [3.8, 4) is 0 Å². The predicted molar refractivity (Wildman–Crippen MR) is 55.8 cm³/mol. The van der Waals surface area contributed by atoms with Crippen LogP contribution in [0.25, 0.3) is 0 Å². The maximum absolute atomic E-state index is 11.2. The van der Waals surface area contributed by atoms with Crippen LogP contribution >= 0.6 is 0 Å². The van der Waals surface area contributed by atoms with Crippen molar-refractivity contribution in [1.82, 2.24) is 15.8 Å². The van der Waals surface area contributed by atoms with Gasteiger partial charge in [-0.15, -0.1) is 0 Å². The zero-order valence-corrected chi connectivity index (χ0v) is 9.41. The molecule has 6 heteroatoms. The summed E-state index contributed by atoms with van der Waals surface area (Å²) in [5, 5.41) is 9.03. The van der Waals surface area contributed by atoms with E-state index < -0.39 is 0 Å². The van der Waals surface area contributed by atoms with Crippen molar-refractivity contribution in [1.29, 1.82) is 0 Å². The Balaban J connectivity index is 3.62. The minimum atomic E-state index is -0.370. The molecule has 6 nitrogen and oxygen atoms in total. The Kier molecular flexibility index (Phi) is 6.64. The monoisotopic (exact) mass is 217 g/mol. The maximum Gasteiger partial charge on any atom is 0.252 e. The van der Waals surface area contributed by atoms with Gasteiger partial charge < -0.3 is 5.11 Å². The fourth-order valence-electron chi connectivity index (χ4n) is 0.929. The summed E-state index contributed by atoms with van der Waals surface area (Å²) >= 11 is 0. The molecule has 0 heterocycles. The van der Waals surface area contributed by atoms with Crippen LogP contribution in [-0.2, 0) is 9.59 Å². The first kappa shape index (κ1) is 13.9. The van der Waals surface area contributed by atoms with Gasteiger partial charge >= 0.3 is 0 Å². The normalized spacial score (nSPS) is 12.3. The van der Waals surface area contributed by atoms with E-state index in [1.807, 2.05) is 0 Å². The molecule has 0 saturated heterocycles. The largest absolute Gasteiger partial charge is 0.393 e. The van der Waals surface area contributed by atoms with Crippen LogP contribution in [0.4, 0.5) is 0 Å². The van der Waals surface area contributed by atoms with E-state index in [4.69, 9.17) is 5.11 Å². The summed E-state index contributed by atoms with van der Waals surface area (Å²) in [6, 6.07) is 0. The number of carbonyl (C=O) groups is 2. The number of likely N-dealkylation sites (N-methyl/N-ethyl adjacent to an activating group) is 1. The molecule has 2 amide bonds. The van der Waals surface area contributed by atoms with Crippen molar-refractivity contribution in [3.05, 3.63) is 0 Å². The van der Waals surface area contributed by atoms with Gasteiger partial charge in [-0.1, -0.05) is 0 Å². The number of carbonyl (C=O) groups excluding carboxylic acids is 2. The van der Waals surface area contributed by atoms with Gasteiger partial charge in [0.1, 0.15) is 0 Å². The number of aliphatic hydroxyl groups excluding tert-OH is 1. The Morgan fingerprint density at radius 3 is 2.47 bits per heavy atom. The molecule has 0 aliphatic heterocycles. The topological polar surface area (TPSA) is 81.7 Å². The molecule has 0 saturated carbocycles. The lowest BCUT2D eigenvalue weighted by Gasteiger charge is -2.16. The molecule has 0 radical (unpaired) electrons. The molecule has 88 valence electrons. The summed E-state index contributed by atoms with van der Waals surface area (Å²) in [7, 11) is 1.77. The molecule has 0 rings (SSSR count). The van der Waals surface area contributed by atoms with E-state index in [2.05, 4.69) is 10.9 Å². The van der Waals surface area contributed by atoms with E-state index in [0.717, 1.165) is 0 Å². The lowest BCUT2D eigenvalue weighted by atomic mass is 10.3. The van der Waals surface area contributed by atoms with E-state index in [-0.39, 0.29) is 24.5 Å². The maximum atomic E-state index is 11.2. The van der Waals surface area contributed by atoms with Crippen LogP contribution in [0.15, 0.2) is 0 Å². The van der Waals surface area contributed by atoms with Gasteiger partial charge in [0.2, 0.25) is 5.91 Å². The quantitative estimate of drug-likeness (QED) is 0.508. The molecule has 1 atom stereocenters. The second-order valence-electron chi connectivity index (χ2n) is 3.60. The minimum absolute atomic E-state index is 0.188. The van der Waals surface area contributed by atoms with E-state index >= 15 is 0 Å². The Bertz CT molecular complexity index is 219. The van der Waals surface area contributed by atoms with E-state index in [9.17, 15) is 9.59 Å². The van der Waals surface area contributed by atoms with E-state index in [0.29, 0.717) is 13.0 Å². The molecule has 0 bridgehead atoms. The lowest BCUT2D eigenvalue weighted by Crippen LogP contribution is -2.45. The summed E-state index contributed by atoms with van der Waals surface area (Å²) in [6.07, 6.45) is 0.245. The molecule has 0 fully saturated rings. The van der Waals surface area contributed by atoms with Gasteiger partial charge in [0.15, 0.2) is 0 Å². The molecular weight excluding hydrogens is 198 g/mol. The first-order valence-electron chi connectivity index (χ1n) is 4.84. The third-order valence-electron chi connectivity index (χ3n) is 1.72. The van der Waals surface area contributed by atoms with Crippen LogP contribution in [0.3, 0.4) is 0 Å². The number of nitrogens with zero attached hydrogens (tertiary/aromatic N) is 1. The molecule has 0 spiro atoms. The molecule has 0 aliphatic rings. The smallest absolute Gasteiger partial charge is 0.252 e. The highest BCUT2D eigenvalue weighted by atomic mass is 16.3. The summed E-state index contributed by atoms with van der Waals surface area (Å²) in [5.41, 5.74) is 4.46. The van der Waals surface area contributed by atoms with E-state index in [1.165, 1.54) is 6.92 Å². The van der Waals surface area contributed by atoms with Crippen LogP contribution in [0, 0.1) is 0 Å². The van der Waals surface area contributed by atoms with Gasteiger partial charge in [0.05, 0.1) is 12.6 Å². The number of hydrogen-bond acceptors (Lipinski definition) is 4. The number of aliphatic hydroxyl groups is 1. The van der Waals surface area contributed by atoms with Crippen molar-refractivity contribution in [2.24, 2.45) is 0 Å². The van der Waals surface area contributed by atoms with Crippen LogP contribution in [0.2, 0.25) is 0 Å². The Labute approximate surface area is 89.6 Å². The standard InChI is InChI=1S/C9H19N3O3/c1-7(13)4-5-12(3)6-9(15)11-10-8(2)14/h7,13H,4-6H2,1-3H3,(H,10,14)(H,11,15). The van der Waals surface area contributed by atoms with Crippen LogP contribution in [0.1, 0.15) is 20.3 Å². The Morgan fingerprint density at radius 2 is 2.00 bits per heavy atom. The molecule has 0 aromatic rings. The van der Waals surface area contributed by atoms with Gasteiger partial charge in [-0.25, -0.2) is 0 Å². The van der Waals surface area contributed by atoms with Gasteiger partial charge in [0, 0.05) is 13.5 Å². The molecule has 3 N–H and O–H groups in total. The zero-order valence-electron chi connectivity index (χ0n) is 9.41. The van der Waals surface area contributed by atoms with Crippen LogP contribution in [-0.4, -0.2) is 48.1 Å². The van der Waals surface area contributed by atoms with E-state index in [1.54, 1.807) is 18.9 Å². The first-order chi connectivity index (χ1) is 6.91. The number of amides is 2. The Morgan fingerprint density at radius 1 is 1.40 bits per heavy atom. The molecule has 0 aliphatic carbocycles. The van der Waals surface area contributed by atoms with Crippen molar-refractivity contribution < 1.29 is 14.7 Å². The number of rotatable bonds is 5. The zero-order chi connectivity index (χ0) is 11.8. The van der Waals surface area contributed by atoms with Crippen molar-refractivity contribution >= 4 is 11.8 Å². The van der Waals surface area contributed by atoms with Gasteiger partial charge in [0.25, 0.3) is 5.91 Å². The second kappa shape index (κ2) is 7.19. The van der Waals surface area contributed by atoms with Gasteiger partial charge in [-0.3, -0.25) is 25.3 Å². The van der Waals surface area contributed by atoms with Crippen LogP contribution in [0.5, 0.6) is 0 Å². The lowest BCUT2D eigenvalue weighted by molar-refractivity contribution is -0.128. The first-order valence-corrected chi connectivity index (χ1v) is 4.84. The highest BCUT2D eigenvalue weighted by molar-refractivity contribution is 5.81. The average Bonchev–Trinajstić information content (AvgIpc) is 2.11. The van der Waals surface area contributed by atoms with Crippen molar-refractivity contribution in [3.63, 3.8) is 0 Å². The average molecular weight is 217 g/mol. The predicted octanol–water partition coefficient (Wildman–Crippen LogP) is -1.14. The highest BCUT2D eigenvalue weighted by Crippen LogP contribution is 1.92. The third kappa shape index (κ3) is 9.17. The SMILES string of the molecule is CC(=O)NNC(=O)CN(C)CCC(C)O. The minimum Gasteiger partial charge on any atom is -0.393 e. The number of hydrogen-bond donors (Lipinski definition) is 3. The summed E-state index contributed by atoms with van der Waals surface area (Å²) in [6.45, 7) is 3.83. The summed E-state index contributed by atoms with van der Waals surface area (Å²) < 4.78 is 0. The molecule has 1 unspecified atom stereocenters. The van der Waals surface area contributed by atoms with Gasteiger partial charge in [-0.05, 0) is 20.4 Å². The van der Waals surface area contributed by atoms with Crippen molar-refractivity contribution in [2.45, 2.75) is 26.4 Å². The number of hydrazine groups is 1. The molecule has 15 heavy (non-hydrogen) atoms.